The van der Waals surface area contributed by atoms with Crippen LogP contribution in [-0.4, -0.2) is 56.7 Å². The predicted molar refractivity (Wildman–Crippen MR) is 81.6 cm³/mol. The first-order chi connectivity index (χ1) is 10.6. The first kappa shape index (κ1) is 15.1. The van der Waals surface area contributed by atoms with E-state index in [1.165, 1.54) is 11.3 Å². The molecule has 8 nitrogen and oxygen atoms in total. The molecule has 2 aromatic rings. The van der Waals surface area contributed by atoms with E-state index in [9.17, 15) is 4.79 Å². The van der Waals surface area contributed by atoms with E-state index in [1.807, 2.05) is 19.2 Å². The lowest BCUT2D eigenvalue weighted by Gasteiger charge is -2.34. The largest absolute Gasteiger partial charge is 0.367 e. The normalized spacial score (nSPS) is 20.7. The Morgan fingerprint density at radius 2 is 2.50 bits per heavy atom. The summed E-state index contributed by atoms with van der Waals surface area (Å²) < 4.78 is 5.71. The average molecular weight is 322 g/mol. The summed E-state index contributed by atoms with van der Waals surface area (Å²) in [5.74, 6) is 1.32. The van der Waals surface area contributed by atoms with E-state index in [0.29, 0.717) is 30.7 Å². The number of ether oxygens (including phenoxy) is 1. The highest BCUT2D eigenvalue weighted by molar-refractivity contribution is 7.13. The highest BCUT2D eigenvalue weighted by Gasteiger charge is 2.30. The maximum Gasteiger partial charge on any atom is 0.243 e. The van der Waals surface area contributed by atoms with E-state index in [-0.39, 0.29) is 18.1 Å². The molecular formula is C13H18N6O2S. The number of H-pyrrole nitrogens is 1. The molecule has 2 atom stereocenters. The molecule has 1 amide bonds. The Kier molecular flexibility index (Phi) is 4.46. The number of morpholine rings is 1. The van der Waals surface area contributed by atoms with Crippen molar-refractivity contribution in [2.75, 3.05) is 25.0 Å². The molecule has 0 aliphatic carbocycles. The molecule has 3 rings (SSSR count). The number of hydrogen-bond acceptors (Lipinski definition) is 7. The second-order valence-corrected chi connectivity index (χ2v) is 6.03. The van der Waals surface area contributed by atoms with Crippen LogP contribution in [0.3, 0.4) is 0 Å². The Morgan fingerprint density at radius 3 is 3.18 bits per heavy atom. The maximum absolute atomic E-state index is 12.3. The molecule has 0 aromatic carbocycles. The van der Waals surface area contributed by atoms with Gasteiger partial charge in [-0.3, -0.25) is 14.8 Å². The number of anilines is 1. The second-order valence-electron chi connectivity index (χ2n) is 5.14. The fraction of sp³-hybridized carbons (Fsp3) is 0.538. The highest BCUT2D eigenvalue weighted by atomic mass is 32.1. The van der Waals surface area contributed by atoms with Crippen LogP contribution in [0.5, 0.6) is 0 Å². The molecule has 1 saturated heterocycles. The van der Waals surface area contributed by atoms with Gasteiger partial charge in [0.2, 0.25) is 5.91 Å². The molecule has 0 spiro atoms. The third kappa shape index (κ3) is 3.32. The zero-order valence-electron chi connectivity index (χ0n) is 12.4. The second kappa shape index (κ2) is 6.51. The summed E-state index contributed by atoms with van der Waals surface area (Å²) in [4.78, 5) is 22.7. The number of carbonyl (C=O) groups is 1. The summed E-state index contributed by atoms with van der Waals surface area (Å²) in [5.41, 5.74) is 0. The van der Waals surface area contributed by atoms with Gasteiger partial charge in [0, 0.05) is 24.7 Å². The van der Waals surface area contributed by atoms with Crippen LogP contribution in [-0.2, 0) is 9.53 Å². The summed E-state index contributed by atoms with van der Waals surface area (Å²) >= 11 is 1.41. The number of aryl methyl sites for hydroxylation is 1. The van der Waals surface area contributed by atoms with Gasteiger partial charge in [0.05, 0.1) is 12.6 Å². The number of rotatable bonds is 4. The Balaban J connectivity index is 1.62. The number of nitrogens with zero attached hydrogens (tertiary/aromatic N) is 4. The Bertz CT molecular complexity index is 628. The van der Waals surface area contributed by atoms with Crippen LogP contribution in [0.1, 0.15) is 24.7 Å². The van der Waals surface area contributed by atoms with Gasteiger partial charge in [-0.2, -0.15) is 5.10 Å². The smallest absolute Gasteiger partial charge is 0.243 e. The number of carbonyl (C=O) groups excluding carboxylic acids is 1. The number of aromatic nitrogens is 4. The maximum atomic E-state index is 12.3. The van der Waals surface area contributed by atoms with Crippen molar-refractivity contribution in [2.45, 2.75) is 26.0 Å². The molecule has 0 saturated carbocycles. The van der Waals surface area contributed by atoms with Crippen LogP contribution in [0.25, 0.3) is 0 Å². The van der Waals surface area contributed by atoms with Gasteiger partial charge in [-0.25, -0.2) is 9.97 Å². The van der Waals surface area contributed by atoms with Gasteiger partial charge >= 0.3 is 0 Å². The summed E-state index contributed by atoms with van der Waals surface area (Å²) in [6, 6.07) is -0.268. The molecule has 118 valence electrons. The quantitative estimate of drug-likeness (QED) is 0.871. The summed E-state index contributed by atoms with van der Waals surface area (Å²) in [6.45, 7) is 5.57. The zero-order valence-corrected chi connectivity index (χ0v) is 13.3. The van der Waals surface area contributed by atoms with Crippen molar-refractivity contribution in [3.63, 3.8) is 0 Å². The lowest BCUT2D eigenvalue weighted by atomic mass is 10.2. The molecule has 0 unspecified atom stereocenters. The minimum Gasteiger partial charge on any atom is -0.367 e. The van der Waals surface area contributed by atoms with Crippen molar-refractivity contribution in [3.05, 3.63) is 23.2 Å². The molecule has 22 heavy (non-hydrogen) atoms. The number of thiazole rings is 1. The first-order valence-electron chi connectivity index (χ1n) is 7.08. The predicted octanol–water partition coefficient (Wildman–Crippen LogP) is 0.970. The van der Waals surface area contributed by atoms with E-state index in [1.54, 1.807) is 6.20 Å². The van der Waals surface area contributed by atoms with Crippen molar-refractivity contribution >= 4 is 22.4 Å². The molecule has 9 heteroatoms. The first-order valence-corrected chi connectivity index (χ1v) is 7.96. The topological polar surface area (TPSA) is 96.0 Å². The lowest BCUT2D eigenvalue weighted by Crippen LogP contribution is -2.48. The minimum absolute atomic E-state index is 0.0678. The van der Waals surface area contributed by atoms with Crippen molar-refractivity contribution in [3.8, 4) is 0 Å². The van der Waals surface area contributed by atoms with Crippen LogP contribution >= 0.6 is 11.3 Å². The molecule has 0 radical (unpaired) electrons. The van der Waals surface area contributed by atoms with Crippen LogP contribution in [0.2, 0.25) is 0 Å². The SMILES string of the molecule is Cc1nc([C@@H]2CN([C@H](C)C(=O)Nc3nccs3)CCO2)n[nH]1. The Hall–Kier alpha value is -1.84. The summed E-state index contributed by atoms with van der Waals surface area (Å²) in [6.07, 6.45) is 1.45. The van der Waals surface area contributed by atoms with E-state index in [4.69, 9.17) is 4.74 Å². The van der Waals surface area contributed by atoms with Gasteiger partial charge in [0.25, 0.3) is 0 Å². The minimum atomic E-state index is -0.268. The number of hydrogen-bond donors (Lipinski definition) is 2. The molecule has 1 aliphatic heterocycles. The third-order valence-corrected chi connectivity index (χ3v) is 4.28. The number of nitrogens with one attached hydrogen (secondary N) is 2. The average Bonchev–Trinajstić information content (AvgIpc) is 3.18. The number of aromatic amines is 1. The van der Waals surface area contributed by atoms with E-state index >= 15 is 0 Å². The van der Waals surface area contributed by atoms with Gasteiger partial charge in [-0.1, -0.05) is 0 Å². The molecule has 2 aromatic heterocycles. The Labute approximate surface area is 131 Å². The van der Waals surface area contributed by atoms with Crippen LogP contribution in [0.15, 0.2) is 11.6 Å². The van der Waals surface area contributed by atoms with E-state index in [0.717, 1.165) is 5.82 Å². The van der Waals surface area contributed by atoms with Gasteiger partial charge in [0.15, 0.2) is 11.0 Å². The molecule has 0 bridgehead atoms. The van der Waals surface area contributed by atoms with Gasteiger partial charge in [0.1, 0.15) is 11.9 Å². The van der Waals surface area contributed by atoms with E-state index < -0.39 is 0 Å². The summed E-state index contributed by atoms with van der Waals surface area (Å²) in [5, 5.41) is 12.2. The van der Waals surface area contributed by atoms with Crippen molar-refractivity contribution in [2.24, 2.45) is 0 Å². The number of amides is 1. The Morgan fingerprint density at radius 1 is 1.64 bits per heavy atom. The van der Waals surface area contributed by atoms with Crippen LogP contribution in [0.4, 0.5) is 5.13 Å². The van der Waals surface area contributed by atoms with Gasteiger partial charge in [-0.05, 0) is 13.8 Å². The van der Waals surface area contributed by atoms with Crippen molar-refractivity contribution in [1.29, 1.82) is 0 Å². The molecule has 3 heterocycles. The fourth-order valence-corrected chi connectivity index (χ4v) is 2.87. The molecule has 2 N–H and O–H groups in total. The zero-order chi connectivity index (χ0) is 15.5. The third-order valence-electron chi connectivity index (χ3n) is 3.59. The van der Waals surface area contributed by atoms with Crippen molar-refractivity contribution < 1.29 is 9.53 Å². The van der Waals surface area contributed by atoms with E-state index in [2.05, 4.69) is 30.4 Å². The lowest BCUT2D eigenvalue weighted by molar-refractivity contribution is -0.124. The van der Waals surface area contributed by atoms with Crippen LogP contribution < -0.4 is 5.32 Å². The van der Waals surface area contributed by atoms with Crippen molar-refractivity contribution in [1.82, 2.24) is 25.1 Å². The van der Waals surface area contributed by atoms with Gasteiger partial charge in [-0.15, -0.1) is 11.3 Å². The fourth-order valence-electron chi connectivity index (χ4n) is 2.34. The van der Waals surface area contributed by atoms with Crippen LogP contribution in [0, 0.1) is 6.92 Å². The monoisotopic (exact) mass is 322 g/mol. The molecule has 1 fully saturated rings. The highest BCUT2D eigenvalue weighted by Crippen LogP contribution is 2.21. The summed E-state index contributed by atoms with van der Waals surface area (Å²) in [7, 11) is 0. The molecular weight excluding hydrogens is 304 g/mol. The molecule has 1 aliphatic rings. The van der Waals surface area contributed by atoms with Gasteiger partial charge < -0.3 is 10.1 Å². The standard InChI is InChI=1S/C13H18N6O2S/c1-8(12(20)16-13-14-3-6-22-13)19-4-5-21-10(7-19)11-15-9(2)17-18-11/h3,6,8,10H,4-5,7H2,1-2H3,(H,14,16,20)(H,15,17,18)/t8-,10+/m1/s1.